The summed E-state index contributed by atoms with van der Waals surface area (Å²) in [5, 5.41) is 0. The van der Waals surface area contributed by atoms with Gasteiger partial charge in [0.1, 0.15) is 5.75 Å². The summed E-state index contributed by atoms with van der Waals surface area (Å²) in [7, 11) is 6.15. The van der Waals surface area contributed by atoms with Crippen LogP contribution in [0.15, 0.2) is 30.3 Å². The maximum Gasteiger partial charge on any atom is 0.119 e. The highest BCUT2D eigenvalue weighted by molar-refractivity contribution is 5.72. The second kappa shape index (κ2) is 5.01. The quantitative estimate of drug-likeness (QED) is 0.822. The molecule has 0 spiro atoms. The van der Waals surface area contributed by atoms with Gasteiger partial charge >= 0.3 is 0 Å². The van der Waals surface area contributed by atoms with Crippen molar-refractivity contribution in [2.45, 2.75) is 25.3 Å². The van der Waals surface area contributed by atoms with Crippen molar-refractivity contribution < 1.29 is 4.74 Å². The molecule has 1 aromatic rings. The van der Waals surface area contributed by atoms with E-state index in [2.05, 4.69) is 43.3 Å². The summed E-state index contributed by atoms with van der Waals surface area (Å²) in [6.45, 7) is 0. The number of hydrogen-bond acceptors (Lipinski definition) is 2. The van der Waals surface area contributed by atoms with Crippen molar-refractivity contribution in [2.24, 2.45) is 11.8 Å². The van der Waals surface area contributed by atoms with Gasteiger partial charge in [0.15, 0.2) is 0 Å². The largest absolute Gasteiger partial charge is 0.497 e. The summed E-state index contributed by atoms with van der Waals surface area (Å²) in [5.41, 5.74) is 2.83. The van der Waals surface area contributed by atoms with Crippen LogP contribution in [-0.4, -0.2) is 32.1 Å². The number of ether oxygens (including phenoxy) is 1. The number of hydrogen-bond donors (Lipinski definition) is 0. The van der Waals surface area contributed by atoms with Crippen LogP contribution in [0.1, 0.15) is 24.8 Å². The number of nitrogens with zero attached hydrogens (tertiary/aromatic N) is 1. The molecule has 0 N–H and O–H groups in total. The smallest absolute Gasteiger partial charge is 0.119 e. The molecule has 0 heterocycles. The van der Waals surface area contributed by atoms with Gasteiger partial charge in [0.25, 0.3) is 0 Å². The highest BCUT2D eigenvalue weighted by Gasteiger charge is 2.38. The van der Waals surface area contributed by atoms with Crippen molar-refractivity contribution in [1.29, 1.82) is 0 Å². The van der Waals surface area contributed by atoms with Crippen LogP contribution in [-0.2, 0) is 0 Å². The predicted molar refractivity (Wildman–Crippen MR) is 79.3 cm³/mol. The van der Waals surface area contributed by atoms with Crippen molar-refractivity contribution in [3.05, 3.63) is 35.9 Å². The highest BCUT2D eigenvalue weighted by atomic mass is 16.5. The lowest BCUT2D eigenvalue weighted by atomic mass is 9.81. The zero-order chi connectivity index (χ0) is 13.4. The summed E-state index contributed by atoms with van der Waals surface area (Å²) in [6.07, 6.45) is 6.62. The van der Waals surface area contributed by atoms with E-state index in [4.69, 9.17) is 4.74 Å². The minimum Gasteiger partial charge on any atom is -0.497 e. The second-order valence-electron chi connectivity index (χ2n) is 6.10. The van der Waals surface area contributed by atoms with Gasteiger partial charge in [0.2, 0.25) is 0 Å². The average Bonchev–Trinajstić information content (AvgIpc) is 2.79. The molecule has 102 valence electrons. The van der Waals surface area contributed by atoms with Gasteiger partial charge in [0.05, 0.1) is 7.11 Å². The molecule has 2 heteroatoms. The third-order valence-electron chi connectivity index (χ3n) is 4.65. The molecule has 2 aliphatic carbocycles. The number of methoxy groups -OCH3 is 1. The third-order valence-corrected chi connectivity index (χ3v) is 4.65. The van der Waals surface area contributed by atoms with Crippen LogP contribution < -0.4 is 4.74 Å². The number of allylic oxidation sites excluding steroid dienone is 1. The molecule has 3 rings (SSSR count). The van der Waals surface area contributed by atoms with Gasteiger partial charge in [-0.3, -0.25) is 0 Å². The zero-order valence-electron chi connectivity index (χ0n) is 12.1. The monoisotopic (exact) mass is 257 g/mol. The van der Waals surface area contributed by atoms with Crippen molar-refractivity contribution in [3.8, 4) is 5.75 Å². The number of rotatable bonds is 3. The Kier molecular flexibility index (Phi) is 3.36. The van der Waals surface area contributed by atoms with E-state index in [0.717, 1.165) is 17.6 Å². The molecule has 0 radical (unpaired) electrons. The van der Waals surface area contributed by atoms with Crippen molar-refractivity contribution >= 4 is 5.57 Å². The first-order valence-corrected chi connectivity index (χ1v) is 7.21. The molecule has 0 aliphatic heterocycles. The predicted octanol–water partition coefficient (Wildman–Crippen LogP) is 3.44. The lowest BCUT2D eigenvalue weighted by Gasteiger charge is -2.35. The van der Waals surface area contributed by atoms with Gasteiger partial charge in [-0.1, -0.05) is 18.2 Å². The Bertz CT molecular complexity index is 492. The summed E-state index contributed by atoms with van der Waals surface area (Å²) in [5.74, 6) is 2.57. The van der Waals surface area contributed by atoms with E-state index >= 15 is 0 Å². The summed E-state index contributed by atoms with van der Waals surface area (Å²) < 4.78 is 5.37. The standard InChI is InChI=1S/C17H23NO/c1-18(2)17-14-8-7-12(9-14)10-16(17)13-5-4-6-15(11-13)19-3/h4-6,10-12,14,17H,7-9H2,1-3H3/t12?,14?,17-/m0/s1. The minimum absolute atomic E-state index is 0.561. The van der Waals surface area contributed by atoms with Crippen LogP contribution in [0.4, 0.5) is 0 Å². The van der Waals surface area contributed by atoms with E-state index in [1.165, 1.54) is 30.4 Å². The molecule has 19 heavy (non-hydrogen) atoms. The molecule has 2 aliphatic rings. The Labute approximate surface area is 116 Å². The van der Waals surface area contributed by atoms with Crippen LogP contribution in [0.5, 0.6) is 5.75 Å². The summed E-state index contributed by atoms with van der Waals surface area (Å²) in [6, 6.07) is 9.07. The molecule has 0 aromatic heterocycles. The van der Waals surface area contributed by atoms with Crippen molar-refractivity contribution in [2.75, 3.05) is 21.2 Å². The molecule has 2 bridgehead atoms. The molecule has 1 fully saturated rings. The van der Waals surface area contributed by atoms with E-state index in [-0.39, 0.29) is 0 Å². The average molecular weight is 257 g/mol. The fourth-order valence-electron chi connectivity index (χ4n) is 3.87. The first-order chi connectivity index (χ1) is 9.19. The van der Waals surface area contributed by atoms with Crippen LogP contribution in [0, 0.1) is 11.8 Å². The maximum atomic E-state index is 5.37. The summed E-state index contributed by atoms with van der Waals surface area (Å²) in [4.78, 5) is 2.39. The van der Waals surface area contributed by atoms with Gasteiger partial charge < -0.3 is 9.64 Å². The van der Waals surface area contributed by atoms with E-state index in [1.807, 2.05) is 6.07 Å². The molecular formula is C17H23NO. The number of fused-ring (bicyclic) bond motifs is 2. The fraction of sp³-hybridized carbons (Fsp3) is 0.529. The normalized spacial score (nSPS) is 29.5. The Morgan fingerprint density at radius 1 is 1.21 bits per heavy atom. The van der Waals surface area contributed by atoms with Crippen LogP contribution >= 0.6 is 0 Å². The SMILES string of the molecule is COc1cccc(C2=CC3CCC(C3)[C@@H]2N(C)C)c1. The molecular weight excluding hydrogens is 234 g/mol. The Balaban J connectivity index is 2.00. The highest BCUT2D eigenvalue weighted by Crippen LogP contribution is 2.45. The topological polar surface area (TPSA) is 12.5 Å². The molecule has 2 nitrogen and oxygen atoms in total. The molecule has 0 saturated heterocycles. The first-order valence-electron chi connectivity index (χ1n) is 7.21. The van der Waals surface area contributed by atoms with Gasteiger partial charge in [-0.25, -0.2) is 0 Å². The van der Waals surface area contributed by atoms with Crippen molar-refractivity contribution in [3.63, 3.8) is 0 Å². The lowest BCUT2D eigenvalue weighted by molar-refractivity contribution is 0.257. The lowest BCUT2D eigenvalue weighted by Crippen LogP contribution is -2.37. The zero-order valence-corrected chi connectivity index (χ0v) is 12.1. The van der Waals surface area contributed by atoms with Crippen LogP contribution in [0.25, 0.3) is 5.57 Å². The van der Waals surface area contributed by atoms with Crippen LogP contribution in [0.2, 0.25) is 0 Å². The number of likely N-dealkylation sites (N-methyl/N-ethyl adjacent to an activating group) is 1. The van der Waals surface area contributed by atoms with Gasteiger partial charge in [-0.15, -0.1) is 0 Å². The summed E-state index contributed by atoms with van der Waals surface area (Å²) >= 11 is 0. The maximum absolute atomic E-state index is 5.37. The number of benzene rings is 1. The second-order valence-corrected chi connectivity index (χ2v) is 6.10. The van der Waals surface area contributed by atoms with Gasteiger partial charge in [-0.05, 0) is 68.5 Å². The van der Waals surface area contributed by atoms with E-state index in [0.29, 0.717) is 6.04 Å². The molecule has 2 unspecified atom stereocenters. The Morgan fingerprint density at radius 3 is 2.79 bits per heavy atom. The molecule has 0 amide bonds. The Hall–Kier alpha value is -1.28. The van der Waals surface area contributed by atoms with E-state index in [9.17, 15) is 0 Å². The molecule has 1 aromatic carbocycles. The van der Waals surface area contributed by atoms with Gasteiger partial charge in [0, 0.05) is 6.04 Å². The third kappa shape index (κ3) is 2.30. The minimum atomic E-state index is 0.561. The first kappa shape index (κ1) is 12.7. The molecule has 1 saturated carbocycles. The van der Waals surface area contributed by atoms with Gasteiger partial charge in [-0.2, -0.15) is 0 Å². The fourth-order valence-corrected chi connectivity index (χ4v) is 3.87. The van der Waals surface area contributed by atoms with Crippen molar-refractivity contribution in [1.82, 2.24) is 4.90 Å². The van der Waals surface area contributed by atoms with E-state index < -0.39 is 0 Å². The molecule has 3 atom stereocenters. The van der Waals surface area contributed by atoms with E-state index in [1.54, 1.807) is 7.11 Å². The Morgan fingerprint density at radius 2 is 2.05 bits per heavy atom. The van der Waals surface area contributed by atoms with Crippen LogP contribution in [0.3, 0.4) is 0 Å².